The summed E-state index contributed by atoms with van der Waals surface area (Å²) in [7, 11) is -1.93. The SMILES string of the molecule is CCCCC(=O)N(Cc1ccc(-c2ccccc2S(=O)(=O)Nc2onc(C)c2C)cc1)[C@H](C(=O)N1CCN(C)CC1)C(C)C. The molecule has 44 heavy (non-hydrogen) atoms. The predicted molar refractivity (Wildman–Crippen MR) is 171 cm³/mol. The molecule has 0 radical (unpaired) electrons. The number of carbonyl (C=O) groups excluding carboxylic acids is 2. The highest BCUT2D eigenvalue weighted by Gasteiger charge is 2.36. The van der Waals surface area contributed by atoms with E-state index >= 15 is 0 Å². The minimum absolute atomic E-state index is 0.00149. The topological polar surface area (TPSA) is 116 Å². The molecular weight excluding hydrogens is 578 g/mol. The van der Waals surface area contributed by atoms with Gasteiger partial charge < -0.3 is 19.2 Å². The Morgan fingerprint density at radius 1 is 1.02 bits per heavy atom. The average Bonchev–Trinajstić information content (AvgIpc) is 3.31. The summed E-state index contributed by atoms with van der Waals surface area (Å²) in [5, 5.41) is 3.84. The van der Waals surface area contributed by atoms with Crippen molar-refractivity contribution in [2.45, 2.75) is 71.4 Å². The zero-order chi connectivity index (χ0) is 32.0. The van der Waals surface area contributed by atoms with Crippen molar-refractivity contribution in [3.63, 3.8) is 0 Å². The Balaban J connectivity index is 1.60. The third-order valence-corrected chi connectivity index (χ3v) is 9.67. The fraction of sp³-hybridized carbons (Fsp3) is 0.485. The number of anilines is 1. The molecule has 1 saturated heterocycles. The Bertz CT molecular complexity index is 1540. The first-order valence-corrected chi connectivity index (χ1v) is 16.8. The number of piperazine rings is 1. The molecule has 2 amide bonds. The summed E-state index contributed by atoms with van der Waals surface area (Å²) in [4.78, 5) is 33.3. The number of benzene rings is 2. The van der Waals surface area contributed by atoms with Gasteiger partial charge in [0.2, 0.25) is 17.7 Å². The number of unbranched alkanes of at least 4 members (excludes halogenated alkanes) is 1. The van der Waals surface area contributed by atoms with E-state index in [1.807, 2.05) is 49.9 Å². The summed E-state index contributed by atoms with van der Waals surface area (Å²) in [6.07, 6.45) is 2.03. The van der Waals surface area contributed by atoms with Crippen LogP contribution in [0.5, 0.6) is 0 Å². The number of nitrogens with one attached hydrogen (secondary N) is 1. The molecule has 10 nitrogen and oxygen atoms in total. The van der Waals surface area contributed by atoms with Crippen LogP contribution in [0, 0.1) is 19.8 Å². The fourth-order valence-corrected chi connectivity index (χ4v) is 6.70. The van der Waals surface area contributed by atoms with Gasteiger partial charge in [0.1, 0.15) is 6.04 Å². The van der Waals surface area contributed by atoms with Crippen LogP contribution in [0.3, 0.4) is 0 Å². The number of hydrogen-bond donors (Lipinski definition) is 1. The molecule has 0 unspecified atom stereocenters. The molecule has 1 aliphatic heterocycles. The number of nitrogens with zero attached hydrogens (tertiary/aromatic N) is 4. The maximum atomic E-state index is 13.8. The molecule has 0 aliphatic carbocycles. The number of rotatable bonds is 12. The first kappa shape index (κ1) is 33.2. The van der Waals surface area contributed by atoms with Gasteiger partial charge in [0.15, 0.2) is 0 Å². The van der Waals surface area contributed by atoms with Crippen molar-refractivity contribution in [2.75, 3.05) is 37.9 Å². The highest BCUT2D eigenvalue weighted by atomic mass is 32.2. The van der Waals surface area contributed by atoms with Gasteiger partial charge in [0.05, 0.1) is 10.6 Å². The van der Waals surface area contributed by atoms with E-state index in [9.17, 15) is 18.0 Å². The molecule has 3 aromatic rings. The monoisotopic (exact) mass is 623 g/mol. The van der Waals surface area contributed by atoms with Crippen LogP contribution >= 0.6 is 0 Å². The van der Waals surface area contributed by atoms with Gasteiger partial charge in [-0.3, -0.25) is 9.59 Å². The van der Waals surface area contributed by atoms with Crippen molar-refractivity contribution < 1.29 is 22.5 Å². The number of likely N-dealkylation sites (N-methyl/N-ethyl adjacent to an activating group) is 1. The Labute approximate surface area is 261 Å². The molecule has 1 aromatic heterocycles. The number of carbonyl (C=O) groups is 2. The normalized spacial score (nSPS) is 14.9. The second-order valence-electron chi connectivity index (χ2n) is 12.0. The van der Waals surface area contributed by atoms with E-state index in [0.29, 0.717) is 41.9 Å². The molecule has 1 atom stereocenters. The van der Waals surface area contributed by atoms with E-state index < -0.39 is 16.1 Å². The molecule has 4 rings (SSSR count). The van der Waals surface area contributed by atoms with E-state index in [2.05, 4.69) is 21.8 Å². The zero-order valence-electron chi connectivity index (χ0n) is 26.7. The van der Waals surface area contributed by atoms with Crippen molar-refractivity contribution in [1.82, 2.24) is 19.9 Å². The lowest BCUT2D eigenvalue weighted by molar-refractivity contribution is -0.149. The Morgan fingerprint density at radius 3 is 2.27 bits per heavy atom. The Hall–Kier alpha value is -3.70. The maximum absolute atomic E-state index is 13.8. The van der Waals surface area contributed by atoms with E-state index in [1.54, 1.807) is 43.0 Å². The second-order valence-corrected chi connectivity index (χ2v) is 13.6. The van der Waals surface area contributed by atoms with Crippen LogP contribution in [-0.4, -0.2) is 79.4 Å². The van der Waals surface area contributed by atoms with Crippen LogP contribution in [0.2, 0.25) is 0 Å². The maximum Gasteiger partial charge on any atom is 0.264 e. The van der Waals surface area contributed by atoms with Gasteiger partial charge in [0, 0.05) is 50.3 Å². The number of amides is 2. The van der Waals surface area contributed by atoms with Gasteiger partial charge in [-0.15, -0.1) is 0 Å². The second kappa shape index (κ2) is 14.4. The van der Waals surface area contributed by atoms with Crippen molar-refractivity contribution >= 4 is 27.7 Å². The molecule has 238 valence electrons. The molecule has 1 N–H and O–H groups in total. The van der Waals surface area contributed by atoms with Crippen molar-refractivity contribution in [2.24, 2.45) is 5.92 Å². The molecule has 0 bridgehead atoms. The summed E-state index contributed by atoms with van der Waals surface area (Å²) in [6.45, 7) is 12.7. The number of aromatic nitrogens is 1. The molecule has 11 heteroatoms. The van der Waals surface area contributed by atoms with Crippen LogP contribution in [0.1, 0.15) is 56.9 Å². The van der Waals surface area contributed by atoms with Gasteiger partial charge >= 0.3 is 0 Å². The van der Waals surface area contributed by atoms with Crippen molar-refractivity contribution in [3.8, 4) is 11.1 Å². The zero-order valence-corrected chi connectivity index (χ0v) is 27.5. The average molecular weight is 624 g/mol. The van der Waals surface area contributed by atoms with E-state index in [1.165, 1.54) is 0 Å². The number of hydrogen-bond acceptors (Lipinski definition) is 7. The van der Waals surface area contributed by atoms with Crippen LogP contribution in [0.25, 0.3) is 11.1 Å². The third-order valence-electron chi connectivity index (χ3n) is 8.28. The third kappa shape index (κ3) is 7.68. The molecule has 0 spiro atoms. The molecule has 2 aromatic carbocycles. The van der Waals surface area contributed by atoms with Gasteiger partial charge in [-0.2, -0.15) is 0 Å². The molecule has 0 saturated carbocycles. The van der Waals surface area contributed by atoms with E-state index in [4.69, 9.17) is 4.52 Å². The first-order valence-electron chi connectivity index (χ1n) is 15.3. The lowest BCUT2D eigenvalue weighted by Gasteiger charge is -2.40. The van der Waals surface area contributed by atoms with Crippen LogP contribution < -0.4 is 4.72 Å². The lowest BCUT2D eigenvalue weighted by atomic mass is 9.98. The fourth-order valence-electron chi connectivity index (χ4n) is 5.42. The van der Waals surface area contributed by atoms with Gasteiger partial charge in [-0.25, -0.2) is 13.1 Å². The Morgan fingerprint density at radius 2 is 1.68 bits per heavy atom. The quantitative estimate of drug-likeness (QED) is 0.299. The summed E-state index contributed by atoms with van der Waals surface area (Å²) in [5.41, 5.74) is 3.33. The first-order chi connectivity index (χ1) is 20.9. The summed E-state index contributed by atoms with van der Waals surface area (Å²) in [5.74, 6) is -0.00404. The largest absolute Gasteiger partial charge is 0.338 e. The van der Waals surface area contributed by atoms with Crippen molar-refractivity contribution in [3.05, 3.63) is 65.4 Å². The lowest BCUT2D eigenvalue weighted by Crippen LogP contribution is -2.57. The molecule has 1 fully saturated rings. The van der Waals surface area contributed by atoms with Crippen LogP contribution in [0.15, 0.2) is 57.9 Å². The minimum atomic E-state index is -3.98. The molecule has 1 aliphatic rings. The predicted octanol–water partition coefficient (Wildman–Crippen LogP) is 5.08. The van der Waals surface area contributed by atoms with Crippen molar-refractivity contribution in [1.29, 1.82) is 0 Å². The number of sulfonamides is 1. The van der Waals surface area contributed by atoms with Gasteiger partial charge in [-0.05, 0) is 50.4 Å². The molecule has 2 heterocycles. The Kier molecular flexibility index (Phi) is 10.9. The number of aryl methyl sites for hydroxylation is 1. The summed E-state index contributed by atoms with van der Waals surface area (Å²) < 4.78 is 34.5. The van der Waals surface area contributed by atoms with Gasteiger partial charge in [-0.1, -0.05) is 74.8 Å². The van der Waals surface area contributed by atoms with E-state index in [0.717, 1.165) is 31.5 Å². The van der Waals surface area contributed by atoms with Crippen LogP contribution in [-0.2, 0) is 26.2 Å². The highest BCUT2D eigenvalue weighted by Crippen LogP contribution is 2.31. The highest BCUT2D eigenvalue weighted by molar-refractivity contribution is 7.92. The summed E-state index contributed by atoms with van der Waals surface area (Å²) in [6, 6.07) is 13.7. The van der Waals surface area contributed by atoms with Crippen LogP contribution in [0.4, 0.5) is 5.88 Å². The minimum Gasteiger partial charge on any atom is -0.338 e. The summed E-state index contributed by atoms with van der Waals surface area (Å²) >= 11 is 0. The smallest absolute Gasteiger partial charge is 0.264 e. The van der Waals surface area contributed by atoms with E-state index in [-0.39, 0.29) is 35.1 Å². The molecular formula is C33H45N5O5S. The van der Waals surface area contributed by atoms with Gasteiger partial charge in [0.25, 0.3) is 10.0 Å². The standard InChI is InChI=1S/C33H45N5O5S/c1-7-8-13-30(39)38(31(23(2)3)33(40)37-20-18-36(6)19-21-37)22-26-14-16-27(17-15-26)28-11-9-10-12-29(28)44(41,42)35-32-24(4)25(5)34-43-32/h9-12,14-17,23,31,35H,7-8,13,18-22H2,1-6H3/t31-/m0/s1.